The summed E-state index contributed by atoms with van der Waals surface area (Å²) in [5.41, 5.74) is 2.25. The van der Waals surface area contributed by atoms with Gasteiger partial charge in [-0.05, 0) is 40.1 Å². The van der Waals surface area contributed by atoms with Crippen molar-refractivity contribution in [3.63, 3.8) is 0 Å². The molecule has 4 heteroatoms. The maximum absolute atomic E-state index is 12.2. The summed E-state index contributed by atoms with van der Waals surface area (Å²) in [5, 5.41) is 6.71. The number of rotatable bonds is 5. The molecule has 0 aliphatic carbocycles. The first-order valence-electron chi connectivity index (χ1n) is 9.56. The maximum Gasteiger partial charge on any atom is 0.336 e. The molecular weight excluding hydrogens is 362 g/mol. The second-order valence-electron chi connectivity index (χ2n) is 6.99. The van der Waals surface area contributed by atoms with Crippen molar-refractivity contribution in [1.29, 1.82) is 0 Å². The summed E-state index contributed by atoms with van der Waals surface area (Å²) >= 11 is 0. The van der Waals surface area contributed by atoms with Gasteiger partial charge in [0.2, 0.25) is 0 Å². The van der Waals surface area contributed by atoms with Crippen LogP contribution in [0.5, 0.6) is 0 Å². The zero-order valence-corrected chi connectivity index (χ0v) is 15.7. The number of hydrogen-bond donors (Lipinski definition) is 1. The van der Waals surface area contributed by atoms with Crippen molar-refractivity contribution in [2.75, 3.05) is 0 Å². The Bertz CT molecular complexity index is 1320. The predicted octanol–water partition coefficient (Wildman–Crippen LogP) is 5.42. The second-order valence-corrected chi connectivity index (χ2v) is 6.99. The van der Waals surface area contributed by atoms with Crippen LogP contribution in [0.4, 0.5) is 0 Å². The molecule has 0 unspecified atom stereocenters. The quantitative estimate of drug-likeness (QED) is 0.326. The lowest BCUT2D eigenvalue weighted by Gasteiger charge is -2.18. The SMILES string of the molecule is O=c1cc(CN[C@@H](c2ccccc2)c2ccco2)c2c(ccc3ccccc32)o1. The molecule has 0 fully saturated rings. The highest BCUT2D eigenvalue weighted by atomic mass is 16.4. The van der Waals surface area contributed by atoms with Gasteiger partial charge in [0.15, 0.2) is 0 Å². The summed E-state index contributed by atoms with van der Waals surface area (Å²) in [6, 6.07) is 27.4. The molecule has 5 aromatic rings. The number of nitrogens with one attached hydrogen (secondary N) is 1. The fourth-order valence-corrected chi connectivity index (χ4v) is 3.86. The zero-order valence-electron chi connectivity index (χ0n) is 15.7. The van der Waals surface area contributed by atoms with E-state index in [-0.39, 0.29) is 11.7 Å². The van der Waals surface area contributed by atoms with Crippen molar-refractivity contribution in [3.8, 4) is 0 Å². The molecule has 2 aromatic heterocycles. The lowest BCUT2D eigenvalue weighted by Crippen LogP contribution is -2.22. The average molecular weight is 381 g/mol. The van der Waals surface area contributed by atoms with E-state index in [9.17, 15) is 4.79 Å². The molecule has 1 N–H and O–H groups in total. The predicted molar refractivity (Wildman–Crippen MR) is 114 cm³/mol. The Hall–Kier alpha value is -3.63. The zero-order chi connectivity index (χ0) is 19.6. The molecule has 142 valence electrons. The molecule has 4 nitrogen and oxygen atoms in total. The standard InChI is InChI=1S/C25H19NO3/c27-23-15-19(24-20-10-5-4-7-17(20)12-13-21(24)29-23)16-26-25(22-11-6-14-28-22)18-8-2-1-3-9-18/h1-15,25-26H,16H2/t25-/m0/s1. The fraction of sp³-hybridized carbons (Fsp3) is 0.0800. The molecule has 3 aromatic carbocycles. The summed E-state index contributed by atoms with van der Waals surface area (Å²) in [6.07, 6.45) is 1.67. The molecule has 0 spiro atoms. The van der Waals surface area contributed by atoms with Gasteiger partial charge in [0, 0.05) is 18.0 Å². The lowest BCUT2D eigenvalue weighted by atomic mass is 10.0. The minimum atomic E-state index is -0.348. The number of fused-ring (bicyclic) bond motifs is 3. The minimum Gasteiger partial charge on any atom is -0.467 e. The third-order valence-corrected chi connectivity index (χ3v) is 5.17. The lowest BCUT2D eigenvalue weighted by molar-refractivity contribution is 0.445. The van der Waals surface area contributed by atoms with E-state index in [0.717, 1.165) is 33.0 Å². The van der Waals surface area contributed by atoms with Gasteiger partial charge in [-0.15, -0.1) is 0 Å². The van der Waals surface area contributed by atoms with Crippen LogP contribution in [0.15, 0.2) is 105 Å². The molecule has 0 saturated carbocycles. The third-order valence-electron chi connectivity index (χ3n) is 5.17. The smallest absolute Gasteiger partial charge is 0.336 e. The summed E-state index contributed by atoms with van der Waals surface area (Å²) in [5.74, 6) is 0.827. The van der Waals surface area contributed by atoms with Crippen LogP contribution in [0.25, 0.3) is 21.7 Å². The maximum atomic E-state index is 12.2. The van der Waals surface area contributed by atoms with Gasteiger partial charge in [-0.1, -0.05) is 60.7 Å². The van der Waals surface area contributed by atoms with Crippen LogP contribution in [0.2, 0.25) is 0 Å². The van der Waals surface area contributed by atoms with Gasteiger partial charge in [0.1, 0.15) is 11.3 Å². The minimum absolute atomic E-state index is 0.122. The van der Waals surface area contributed by atoms with Crippen LogP contribution in [0.3, 0.4) is 0 Å². The van der Waals surface area contributed by atoms with Crippen molar-refractivity contribution < 1.29 is 8.83 Å². The highest BCUT2D eigenvalue weighted by molar-refractivity contribution is 6.07. The number of benzene rings is 3. The van der Waals surface area contributed by atoms with Gasteiger partial charge in [-0.2, -0.15) is 0 Å². The Balaban J connectivity index is 1.59. The normalized spacial score (nSPS) is 12.4. The largest absolute Gasteiger partial charge is 0.467 e. The van der Waals surface area contributed by atoms with Gasteiger partial charge >= 0.3 is 5.63 Å². The third kappa shape index (κ3) is 3.35. The van der Waals surface area contributed by atoms with E-state index in [4.69, 9.17) is 8.83 Å². The molecule has 29 heavy (non-hydrogen) atoms. The van der Waals surface area contributed by atoms with Crippen LogP contribution in [-0.4, -0.2) is 0 Å². The van der Waals surface area contributed by atoms with Crippen LogP contribution >= 0.6 is 0 Å². The van der Waals surface area contributed by atoms with Crippen molar-refractivity contribution >= 4 is 21.7 Å². The molecule has 0 aliphatic heterocycles. The Morgan fingerprint density at radius 3 is 2.52 bits per heavy atom. The summed E-state index contributed by atoms with van der Waals surface area (Å²) in [7, 11) is 0. The molecule has 0 radical (unpaired) electrons. The molecule has 0 aliphatic rings. The first kappa shape index (κ1) is 17.5. The molecular formula is C25H19NO3. The summed E-state index contributed by atoms with van der Waals surface area (Å²) < 4.78 is 11.1. The molecule has 0 bridgehead atoms. The van der Waals surface area contributed by atoms with Gasteiger partial charge in [-0.25, -0.2) is 4.79 Å². The van der Waals surface area contributed by atoms with Gasteiger partial charge in [0.25, 0.3) is 0 Å². The van der Waals surface area contributed by atoms with Crippen LogP contribution in [-0.2, 0) is 6.54 Å². The van der Waals surface area contributed by atoms with E-state index >= 15 is 0 Å². The Morgan fingerprint density at radius 1 is 0.862 bits per heavy atom. The highest BCUT2D eigenvalue weighted by Crippen LogP contribution is 2.29. The van der Waals surface area contributed by atoms with E-state index < -0.39 is 0 Å². The van der Waals surface area contributed by atoms with E-state index in [1.807, 2.05) is 54.6 Å². The summed E-state index contributed by atoms with van der Waals surface area (Å²) in [6.45, 7) is 0.496. The Kier molecular flexibility index (Phi) is 4.47. The van der Waals surface area contributed by atoms with E-state index in [0.29, 0.717) is 12.1 Å². The van der Waals surface area contributed by atoms with Crippen molar-refractivity contribution in [2.24, 2.45) is 0 Å². The van der Waals surface area contributed by atoms with E-state index in [2.05, 4.69) is 29.6 Å². The first-order chi connectivity index (χ1) is 14.3. The molecule has 0 amide bonds. The van der Waals surface area contributed by atoms with Gasteiger partial charge < -0.3 is 8.83 Å². The van der Waals surface area contributed by atoms with Gasteiger partial charge in [0.05, 0.1) is 12.3 Å². The van der Waals surface area contributed by atoms with Gasteiger partial charge in [-0.3, -0.25) is 5.32 Å². The second kappa shape index (κ2) is 7.41. The first-order valence-corrected chi connectivity index (χ1v) is 9.56. The molecule has 5 rings (SSSR count). The van der Waals surface area contributed by atoms with E-state index in [1.54, 1.807) is 12.3 Å². The number of furan rings is 1. The molecule has 2 heterocycles. The van der Waals surface area contributed by atoms with Crippen molar-refractivity contribution in [2.45, 2.75) is 12.6 Å². The van der Waals surface area contributed by atoms with E-state index in [1.165, 1.54) is 0 Å². The monoisotopic (exact) mass is 381 g/mol. The topological polar surface area (TPSA) is 55.4 Å². The molecule has 0 saturated heterocycles. The fourth-order valence-electron chi connectivity index (χ4n) is 3.86. The molecule has 1 atom stereocenters. The summed E-state index contributed by atoms with van der Waals surface area (Å²) in [4.78, 5) is 12.2. The van der Waals surface area contributed by atoms with Crippen LogP contribution in [0.1, 0.15) is 22.9 Å². The van der Waals surface area contributed by atoms with Crippen molar-refractivity contribution in [3.05, 3.63) is 118 Å². The Labute approximate surface area is 167 Å². The Morgan fingerprint density at radius 2 is 1.69 bits per heavy atom. The number of hydrogen-bond acceptors (Lipinski definition) is 4. The van der Waals surface area contributed by atoms with Crippen LogP contribution in [0, 0.1) is 0 Å². The average Bonchev–Trinajstić information content (AvgIpc) is 3.28. The van der Waals surface area contributed by atoms with Crippen molar-refractivity contribution in [1.82, 2.24) is 5.32 Å². The van der Waals surface area contributed by atoms with Crippen LogP contribution < -0.4 is 10.9 Å². The highest BCUT2D eigenvalue weighted by Gasteiger charge is 2.17.